The van der Waals surface area contributed by atoms with Gasteiger partial charge in [0.05, 0.1) is 0 Å². The minimum absolute atomic E-state index is 0.268. The molecular formula is C16H23BrO. The first-order chi connectivity index (χ1) is 8.38. The molecule has 1 aromatic carbocycles. The van der Waals surface area contributed by atoms with Crippen molar-refractivity contribution in [2.45, 2.75) is 58.4 Å². The van der Waals surface area contributed by atoms with Gasteiger partial charge in [-0.3, -0.25) is 0 Å². The van der Waals surface area contributed by atoms with Crippen LogP contribution in [0.2, 0.25) is 0 Å². The van der Waals surface area contributed by atoms with E-state index < -0.39 is 0 Å². The standard InChI is InChI=1S/C16H23BrO/c1-6-16(5)14(17)9-15(16)18-13-8-10(2)7-11(3)12(13)4/h7-8,14-15H,6,9H2,1-5H3. The zero-order chi connectivity index (χ0) is 13.5. The van der Waals surface area contributed by atoms with Crippen LogP contribution in [0, 0.1) is 26.2 Å². The summed E-state index contributed by atoms with van der Waals surface area (Å²) < 4.78 is 6.29. The Morgan fingerprint density at radius 1 is 1.33 bits per heavy atom. The highest BCUT2D eigenvalue weighted by Crippen LogP contribution is 2.50. The molecule has 1 nitrogen and oxygen atoms in total. The fraction of sp³-hybridized carbons (Fsp3) is 0.625. The molecule has 0 bridgehead atoms. The number of ether oxygens (including phenoxy) is 1. The van der Waals surface area contributed by atoms with E-state index in [9.17, 15) is 0 Å². The molecule has 1 aliphatic carbocycles. The number of hydrogen-bond donors (Lipinski definition) is 0. The molecule has 0 amide bonds. The van der Waals surface area contributed by atoms with Crippen LogP contribution in [0.25, 0.3) is 0 Å². The van der Waals surface area contributed by atoms with Gasteiger partial charge in [-0.1, -0.05) is 35.8 Å². The first kappa shape index (κ1) is 13.9. The second-order valence-corrected chi connectivity index (χ2v) is 6.98. The summed E-state index contributed by atoms with van der Waals surface area (Å²) in [6, 6.07) is 4.38. The van der Waals surface area contributed by atoms with E-state index in [1.165, 1.54) is 16.7 Å². The molecule has 3 atom stereocenters. The molecule has 0 saturated heterocycles. The van der Waals surface area contributed by atoms with Gasteiger partial charge in [0.15, 0.2) is 0 Å². The molecule has 0 spiro atoms. The number of aryl methyl sites for hydroxylation is 2. The molecule has 1 aliphatic rings. The van der Waals surface area contributed by atoms with Crippen molar-refractivity contribution < 1.29 is 4.74 Å². The van der Waals surface area contributed by atoms with Crippen molar-refractivity contribution in [3.05, 3.63) is 28.8 Å². The van der Waals surface area contributed by atoms with E-state index in [-0.39, 0.29) is 5.41 Å². The van der Waals surface area contributed by atoms with Crippen LogP contribution >= 0.6 is 15.9 Å². The van der Waals surface area contributed by atoms with Crippen molar-refractivity contribution in [2.75, 3.05) is 0 Å². The first-order valence-electron chi connectivity index (χ1n) is 6.77. The average Bonchev–Trinajstić information content (AvgIpc) is 2.33. The Bertz CT molecular complexity index is 455. The van der Waals surface area contributed by atoms with Gasteiger partial charge < -0.3 is 4.74 Å². The summed E-state index contributed by atoms with van der Waals surface area (Å²) in [5.41, 5.74) is 4.14. The second-order valence-electron chi connectivity index (χ2n) is 5.87. The highest BCUT2D eigenvalue weighted by atomic mass is 79.9. The number of benzene rings is 1. The molecule has 1 saturated carbocycles. The van der Waals surface area contributed by atoms with Gasteiger partial charge >= 0.3 is 0 Å². The lowest BCUT2D eigenvalue weighted by Crippen LogP contribution is -2.54. The molecule has 1 aromatic rings. The maximum absolute atomic E-state index is 6.29. The molecule has 0 N–H and O–H groups in total. The first-order valence-corrected chi connectivity index (χ1v) is 7.68. The summed E-state index contributed by atoms with van der Waals surface area (Å²) >= 11 is 3.76. The van der Waals surface area contributed by atoms with Crippen LogP contribution < -0.4 is 4.74 Å². The van der Waals surface area contributed by atoms with E-state index >= 15 is 0 Å². The molecule has 0 aromatic heterocycles. The fourth-order valence-electron chi connectivity index (χ4n) is 2.68. The highest BCUT2D eigenvalue weighted by molar-refractivity contribution is 9.09. The molecule has 2 rings (SSSR count). The van der Waals surface area contributed by atoms with Crippen LogP contribution in [0.3, 0.4) is 0 Å². The van der Waals surface area contributed by atoms with Gasteiger partial charge in [-0.15, -0.1) is 0 Å². The molecule has 0 radical (unpaired) electrons. The van der Waals surface area contributed by atoms with E-state index in [1.807, 2.05) is 0 Å². The predicted molar refractivity (Wildman–Crippen MR) is 80.8 cm³/mol. The summed E-state index contributed by atoms with van der Waals surface area (Å²) in [6.45, 7) is 11.0. The van der Waals surface area contributed by atoms with Crippen molar-refractivity contribution in [1.82, 2.24) is 0 Å². The van der Waals surface area contributed by atoms with Gasteiger partial charge in [0.25, 0.3) is 0 Å². The van der Waals surface area contributed by atoms with E-state index in [0.717, 1.165) is 18.6 Å². The van der Waals surface area contributed by atoms with Crippen molar-refractivity contribution >= 4 is 15.9 Å². The number of rotatable bonds is 3. The highest BCUT2D eigenvalue weighted by Gasteiger charge is 2.50. The van der Waals surface area contributed by atoms with Crippen molar-refractivity contribution in [1.29, 1.82) is 0 Å². The van der Waals surface area contributed by atoms with Gasteiger partial charge in [0, 0.05) is 10.2 Å². The third-order valence-corrected chi connectivity index (χ3v) is 6.09. The Morgan fingerprint density at radius 2 is 2.00 bits per heavy atom. The monoisotopic (exact) mass is 310 g/mol. The summed E-state index contributed by atoms with van der Waals surface area (Å²) in [5, 5.41) is 0. The molecule has 100 valence electrons. The van der Waals surface area contributed by atoms with E-state index in [1.54, 1.807) is 0 Å². The van der Waals surface area contributed by atoms with Crippen molar-refractivity contribution in [2.24, 2.45) is 5.41 Å². The minimum atomic E-state index is 0.268. The molecule has 0 heterocycles. The lowest BCUT2D eigenvalue weighted by molar-refractivity contribution is -0.0247. The third kappa shape index (κ3) is 2.20. The van der Waals surface area contributed by atoms with Crippen molar-refractivity contribution in [3.63, 3.8) is 0 Å². The van der Waals surface area contributed by atoms with Crippen LogP contribution in [0.4, 0.5) is 0 Å². The molecule has 2 heteroatoms. The Labute approximate surface area is 119 Å². The Morgan fingerprint density at radius 3 is 2.56 bits per heavy atom. The van der Waals surface area contributed by atoms with Gasteiger partial charge in [0.2, 0.25) is 0 Å². The predicted octanol–water partition coefficient (Wildman–Crippen LogP) is 4.94. The summed E-state index contributed by atoms with van der Waals surface area (Å²) in [7, 11) is 0. The molecular weight excluding hydrogens is 288 g/mol. The zero-order valence-corrected chi connectivity index (χ0v) is 13.6. The smallest absolute Gasteiger partial charge is 0.123 e. The Hall–Kier alpha value is -0.500. The molecule has 0 aliphatic heterocycles. The van der Waals surface area contributed by atoms with E-state index in [4.69, 9.17) is 4.74 Å². The van der Waals surface area contributed by atoms with Gasteiger partial charge in [-0.05, 0) is 56.4 Å². The topological polar surface area (TPSA) is 9.23 Å². The molecule has 18 heavy (non-hydrogen) atoms. The quantitative estimate of drug-likeness (QED) is 0.718. The maximum atomic E-state index is 6.29. The summed E-state index contributed by atoms with van der Waals surface area (Å²) in [4.78, 5) is 0.589. The lowest BCUT2D eigenvalue weighted by Gasteiger charge is -2.51. The van der Waals surface area contributed by atoms with Crippen LogP contribution in [0.5, 0.6) is 5.75 Å². The largest absolute Gasteiger partial charge is 0.489 e. The Kier molecular flexibility index (Phi) is 3.77. The Balaban J connectivity index is 2.21. The third-order valence-electron chi connectivity index (χ3n) is 4.67. The average molecular weight is 311 g/mol. The van der Waals surface area contributed by atoms with Crippen LogP contribution in [0.15, 0.2) is 12.1 Å². The van der Waals surface area contributed by atoms with Gasteiger partial charge in [-0.25, -0.2) is 0 Å². The maximum Gasteiger partial charge on any atom is 0.123 e. The summed E-state index contributed by atoms with van der Waals surface area (Å²) in [6.07, 6.45) is 2.60. The number of alkyl halides is 1. The van der Waals surface area contributed by atoms with Gasteiger partial charge in [0.1, 0.15) is 11.9 Å². The normalized spacial score (nSPS) is 31.0. The SMILES string of the molecule is CCC1(C)C(Br)CC1Oc1cc(C)cc(C)c1C. The zero-order valence-electron chi connectivity index (χ0n) is 12.0. The van der Waals surface area contributed by atoms with Crippen LogP contribution in [-0.2, 0) is 0 Å². The number of halogens is 1. The minimum Gasteiger partial charge on any atom is -0.489 e. The van der Waals surface area contributed by atoms with Gasteiger partial charge in [-0.2, -0.15) is 0 Å². The molecule has 1 fully saturated rings. The van der Waals surface area contributed by atoms with E-state index in [2.05, 4.69) is 62.7 Å². The van der Waals surface area contributed by atoms with Crippen molar-refractivity contribution in [3.8, 4) is 5.75 Å². The van der Waals surface area contributed by atoms with Crippen LogP contribution in [0.1, 0.15) is 43.4 Å². The lowest BCUT2D eigenvalue weighted by atomic mass is 9.65. The number of hydrogen-bond acceptors (Lipinski definition) is 1. The van der Waals surface area contributed by atoms with Crippen LogP contribution in [-0.4, -0.2) is 10.9 Å². The summed E-state index contributed by atoms with van der Waals surface area (Å²) in [5.74, 6) is 1.07. The second kappa shape index (κ2) is 4.88. The fourth-order valence-corrected chi connectivity index (χ4v) is 3.63. The van der Waals surface area contributed by atoms with E-state index in [0.29, 0.717) is 10.9 Å². The molecule has 3 unspecified atom stereocenters.